The lowest BCUT2D eigenvalue weighted by Gasteiger charge is -2.06. The molecule has 1 aromatic rings. The summed E-state index contributed by atoms with van der Waals surface area (Å²) in [6.07, 6.45) is 0.822. The van der Waals surface area contributed by atoms with E-state index in [2.05, 4.69) is 0 Å². The molecule has 1 rings (SSSR count). The zero-order valence-corrected chi connectivity index (χ0v) is 7.34. The molecule has 1 aromatic carbocycles. The highest BCUT2D eigenvalue weighted by Crippen LogP contribution is 2.10. The molecule has 1 unspecified atom stereocenters. The summed E-state index contributed by atoms with van der Waals surface area (Å²) < 4.78 is 0. The van der Waals surface area contributed by atoms with E-state index in [9.17, 15) is 4.79 Å². The molecule has 0 aromatic heterocycles. The van der Waals surface area contributed by atoms with Gasteiger partial charge in [0.15, 0.2) is 0 Å². The Hall–Kier alpha value is -1.13. The normalized spacial score (nSPS) is 12.2. The molecule has 0 aliphatic heterocycles. The van der Waals surface area contributed by atoms with Gasteiger partial charge in [-0.25, -0.2) is 0 Å². The molecule has 0 radical (unpaired) electrons. The first-order valence-electron chi connectivity index (χ1n) is 4.06. The van der Waals surface area contributed by atoms with Crippen LogP contribution in [0.3, 0.4) is 0 Å². The van der Waals surface area contributed by atoms with Gasteiger partial charge in [-0.2, -0.15) is 0 Å². The first-order chi connectivity index (χ1) is 6.15. The van der Waals surface area contributed by atoms with Crippen LogP contribution >= 0.6 is 0 Å². The molecule has 0 heterocycles. The van der Waals surface area contributed by atoms with E-state index in [-0.39, 0.29) is 5.92 Å². The second kappa shape index (κ2) is 4.21. The molecule has 0 bridgehead atoms. The van der Waals surface area contributed by atoms with Gasteiger partial charge >= 0.3 is 7.12 Å². The van der Waals surface area contributed by atoms with Crippen molar-refractivity contribution >= 4 is 18.9 Å². The highest BCUT2D eigenvalue weighted by molar-refractivity contribution is 6.58. The molecular formula is C9H11BO3. The van der Waals surface area contributed by atoms with Crippen LogP contribution < -0.4 is 5.46 Å². The maximum atomic E-state index is 10.5. The Morgan fingerprint density at radius 2 is 2.15 bits per heavy atom. The minimum atomic E-state index is -1.47. The molecule has 2 N–H and O–H groups in total. The smallest absolute Gasteiger partial charge is 0.423 e. The van der Waals surface area contributed by atoms with Crippen molar-refractivity contribution in [1.82, 2.24) is 0 Å². The van der Waals surface area contributed by atoms with Crippen LogP contribution in [0.1, 0.15) is 18.4 Å². The SMILES string of the molecule is CC(C=O)c1cccc(B(O)O)c1. The molecule has 0 fully saturated rings. The van der Waals surface area contributed by atoms with Crippen molar-refractivity contribution in [2.75, 3.05) is 0 Å². The van der Waals surface area contributed by atoms with Gasteiger partial charge in [0.2, 0.25) is 0 Å². The Balaban J connectivity index is 2.97. The largest absolute Gasteiger partial charge is 0.488 e. The summed E-state index contributed by atoms with van der Waals surface area (Å²) in [4.78, 5) is 10.5. The van der Waals surface area contributed by atoms with Crippen LogP contribution in [0.5, 0.6) is 0 Å². The Morgan fingerprint density at radius 1 is 1.46 bits per heavy atom. The predicted molar refractivity (Wildman–Crippen MR) is 50.7 cm³/mol. The van der Waals surface area contributed by atoms with E-state index in [4.69, 9.17) is 10.0 Å². The Bertz CT molecular complexity index is 299. The summed E-state index contributed by atoms with van der Waals surface area (Å²) in [7, 11) is -1.47. The second-order valence-electron chi connectivity index (χ2n) is 2.97. The van der Waals surface area contributed by atoms with Crippen LogP contribution in [-0.4, -0.2) is 23.5 Å². The number of carbonyl (C=O) groups is 1. The first-order valence-corrected chi connectivity index (χ1v) is 4.06. The van der Waals surface area contributed by atoms with E-state index >= 15 is 0 Å². The minimum Gasteiger partial charge on any atom is -0.423 e. The number of hydrogen-bond acceptors (Lipinski definition) is 3. The highest BCUT2D eigenvalue weighted by Gasteiger charge is 2.12. The molecule has 4 heteroatoms. The predicted octanol–water partition coefficient (Wildman–Crippen LogP) is -0.331. The molecule has 13 heavy (non-hydrogen) atoms. The van der Waals surface area contributed by atoms with Gasteiger partial charge in [0, 0.05) is 5.92 Å². The van der Waals surface area contributed by atoms with Gasteiger partial charge in [0.05, 0.1) is 0 Å². The standard InChI is InChI=1S/C9H11BO3/c1-7(6-11)8-3-2-4-9(5-8)10(12)13/h2-7,12-13H,1H3. The summed E-state index contributed by atoms with van der Waals surface area (Å²) in [5.41, 5.74) is 1.20. The van der Waals surface area contributed by atoms with E-state index in [1.165, 1.54) is 0 Å². The van der Waals surface area contributed by atoms with Crippen LogP contribution in [0, 0.1) is 0 Å². The quantitative estimate of drug-likeness (QED) is 0.492. The van der Waals surface area contributed by atoms with E-state index in [1.807, 2.05) is 0 Å². The lowest BCUT2D eigenvalue weighted by molar-refractivity contribution is -0.108. The van der Waals surface area contributed by atoms with E-state index < -0.39 is 7.12 Å². The zero-order chi connectivity index (χ0) is 9.84. The number of hydrogen-bond donors (Lipinski definition) is 2. The van der Waals surface area contributed by atoms with E-state index in [1.54, 1.807) is 31.2 Å². The lowest BCUT2D eigenvalue weighted by Crippen LogP contribution is -2.30. The van der Waals surface area contributed by atoms with Crippen LogP contribution in [0.25, 0.3) is 0 Å². The summed E-state index contributed by atoms with van der Waals surface area (Å²) in [6, 6.07) is 6.70. The van der Waals surface area contributed by atoms with E-state index in [0.29, 0.717) is 5.46 Å². The Morgan fingerprint density at radius 3 is 2.69 bits per heavy atom. The number of rotatable bonds is 3. The average Bonchev–Trinajstić information content (AvgIpc) is 2.17. The maximum absolute atomic E-state index is 10.5. The molecule has 1 atom stereocenters. The van der Waals surface area contributed by atoms with Crippen LogP contribution in [-0.2, 0) is 4.79 Å². The topological polar surface area (TPSA) is 57.5 Å². The summed E-state index contributed by atoms with van der Waals surface area (Å²) in [5, 5.41) is 17.7. The van der Waals surface area contributed by atoms with Crippen LogP contribution in [0.15, 0.2) is 24.3 Å². The monoisotopic (exact) mass is 178 g/mol. The lowest BCUT2D eigenvalue weighted by atomic mass is 9.79. The fourth-order valence-electron chi connectivity index (χ4n) is 1.08. The van der Waals surface area contributed by atoms with Crippen molar-refractivity contribution in [2.45, 2.75) is 12.8 Å². The average molecular weight is 178 g/mol. The summed E-state index contributed by atoms with van der Waals surface area (Å²) in [5.74, 6) is -0.210. The molecule has 0 aliphatic rings. The van der Waals surface area contributed by atoms with Gasteiger partial charge in [-0.1, -0.05) is 31.2 Å². The third-order valence-corrected chi connectivity index (χ3v) is 1.94. The zero-order valence-electron chi connectivity index (χ0n) is 7.34. The van der Waals surface area contributed by atoms with Gasteiger partial charge < -0.3 is 14.8 Å². The van der Waals surface area contributed by atoms with Crippen molar-refractivity contribution in [1.29, 1.82) is 0 Å². The summed E-state index contributed by atoms with van der Waals surface area (Å²) >= 11 is 0. The molecule has 0 amide bonds. The Kier molecular flexibility index (Phi) is 3.22. The number of aldehydes is 1. The van der Waals surface area contributed by atoms with Crippen molar-refractivity contribution in [3.05, 3.63) is 29.8 Å². The summed E-state index contributed by atoms with van der Waals surface area (Å²) in [6.45, 7) is 1.76. The van der Waals surface area contributed by atoms with Crippen molar-refractivity contribution in [2.24, 2.45) is 0 Å². The van der Waals surface area contributed by atoms with Gasteiger partial charge in [-0.3, -0.25) is 0 Å². The van der Waals surface area contributed by atoms with Crippen LogP contribution in [0.2, 0.25) is 0 Å². The number of carbonyl (C=O) groups excluding carboxylic acids is 1. The fraction of sp³-hybridized carbons (Fsp3) is 0.222. The van der Waals surface area contributed by atoms with Gasteiger partial charge in [-0.15, -0.1) is 0 Å². The third-order valence-electron chi connectivity index (χ3n) is 1.94. The number of benzene rings is 1. The molecule has 68 valence electrons. The minimum absolute atomic E-state index is 0.210. The molecule has 3 nitrogen and oxygen atoms in total. The highest BCUT2D eigenvalue weighted by atomic mass is 16.4. The maximum Gasteiger partial charge on any atom is 0.488 e. The van der Waals surface area contributed by atoms with Gasteiger partial charge in [-0.05, 0) is 11.0 Å². The second-order valence-corrected chi connectivity index (χ2v) is 2.97. The molecule has 0 spiro atoms. The fourth-order valence-corrected chi connectivity index (χ4v) is 1.08. The first kappa shape index (κ1) is 9.96. The van der Waals surface area contributed by atoms with E-state index in [0.717, 1.165) is 11.8 Å². The molecule has 0 aliphatic carbocycles. The molecule has 0 saturated heterocycles. The third kappa shape index (κ3) is 2.40. The molecular weight excluding hydrogens is 167 g/mol. The van der Waals surface area contributed by atoms with Crippen molar-refractivity contribution in [3.8, 4) is 0 Å². The van der Waals surface area contributed by atoms with Crippen molar-refractivity contribution in [3.63, 3.8) is 0 Å². The van der Waals surface area contributed by atoms with Gasteiger partial charge in [0.25, 0.3) is 0 Å². The molecule has 0 saturated carbocycles. The van der Waals surface area contributed by atoms with Gasteiger partial charge in [0.1, 0.15) is 6.29 Å². The van der Waals surface area contributed by atoms with Crippen LogP contribution in [0.4, 0.5) is 0 Å². The van der Waals surface area contributed by atoms with Crippen molar-refractivity contribution < 1.29 is 14.8 Å². The Labute approximate surface area is 77.2 Å².